The summed E-state index contributed by atoms with van der Waals surface area (Å²) in [5, 5.41) is 15.0. The summed E-state index contributed by atoms with van der Waals surface area (Å²) in [5.41, 5.74) is 1.91. The summed E-state index contributed by atoms with van der Waals surface area (Å²) >= 11 is 0. The summed E-state index contributed by atoms with van der Waals surface area (Å²) in [6.45, 7) is 2.00. The van der Waals surface area contributed by atoms with Crippen molar-refractivity contribution in [3.8, 4) is 0 Å². The number of piperidine rings is 1. The third-order valence-corrected chi connectivity index (χ3v) is 3.33. The second-order valence-electron chi connectivity index (χ2n) is 4.68. The van der Waals surface area contributed by atoms with Gasteiger partial charge in [0.2, 0.25) is 5.91 Å². The quantitative estimate of drug-likeness (QED) is 0.749. The highest BCUT2D eigenvalue weighted by atomic mass is 16.2. The molecular weight excluding hydrogens is 228 g/mol. The van der Waals surface area contributed by atoms with Gasteiger partial charge in [-0.1, -0.05) is 12.1 Å². The molecule has 4 heteroatoms. The van der Waals surface area contributed by atoms with Crippen LogP contribution in [0.1, 0.15) is 18.4 Å². The van der Waals surface area contributed by atoms with E-state index >= 15 is 0 Å². The van der Waals surface area contributed by atoms with Crippen LogP contribution in [0.25, 0.3) is 0 Å². The van der Waals surface area contributed by atoms with Gasteiger partial charge < -0.3 is 15.7 Å². The van der Waals surface area contributed by atoms with Crippen LogP contribution < -0.4 is 10.6 Å². The van der Waals surface area contributed by atoms with Gasteiger partial charge in [0.05, 0.1) is 0 Å². The number of carbonyl (C=O) groups excluding carboxylic acids is 1. The van der Waals surface area contributed by atoms with E-state index in [0.717, 1.165) is 37.2 Å². The Kier molecular flexibility index (Phi) is 4.73. The van der Waals surface area contributed by atoms with Crippen LogP contribution in [0, 0.1) is 5.92 Å². The second kappa shape index (κ2) is 6.52. The standard InChI is InChI=1S/C14H20N2O2/c17-10-7-11-1-3-13(4-2-11)16-14(18)12-5-8-15-9-6-12/h1-4,12,15,17H,5-10H2,(H,16,18). The van der Waals surface area contributed by atoms with E-state index in [0.29, 0.717) is 6.42 Å². The molecule has 0 bridgehead atoms. The molecule has 1 aromatic rings. The Morgan fingerprint density at radius 3 is 2.56 bits per heavy atom. The van der Waals surface area contributed by atoms with E-state index in [1.807, 2.05) is 24.3 Å². The number of aliphatic hydroxyl groups is 1. The number of rotatable bonds is 4. The van der Waals surface area contributed by atoms with Gasteiger partial charge in [0.25, 0.3) is 0 Å². The maximum atomic E-state index is 12.0. The highest BCUT2D eigenvalue weighted by molar-refractivity contribution is 5.92. The SMILES string of the molecule is O=C(Nc1ccc(CCO)cc1)C1CCNCC1. The van der Waals surface area contributed by atoms with Gasteiger partial charge in [0, 0.05) is 18.2 Å². The van der Waals surface area contributed by atoms with Gasteiger partial charge in [-0.3, -0.25) is 4.79 Å². The molecule has 1 fully saturated rings. The fourth-order valence-corrected chi connectivity index (χ4v) is 2.21. The zero-order valence-electron chi connectivity index (χ0n) is 10.5. The third-order valence-electron chi connectivity index (χ3n) is 3.33. The number of anilines is 1. The Morgan fingerprint density at radius 2 is 1.94 bits per heavy atom. The van der Waals surface area contributed by atoms with Crippen LogP contribution in [-0.2, 0) is 11.2 Å². The summed E-state index contributed by atoms with van der Waals surface area (Å²) in [6, 6.07) is 7.66. The number of nitrogens with one attached hydrogen (secondary N) is 2. The Labute approximate surface area is 107 Å². The largest absolute Gasteiger partial charge is 0.396 e. The zero-order valence-corrected chi connectivity index (χ0v) is 10.5. The molecule has 0 saturated carbocycles. The van der Waals surface area contributed by atoms with E-state index < -0.39 is 0 Å². The first-order valence-corrected chi connectivity index (χ1v) is 6.51. The lowest BCUT2D eigenvalue weighted by Crippen LogP contribution is -2.34. The van der Waals surface area contributed by atoms with E-state index in [9.17, 15) is 4.79 Å². The fraction of sp³-hybridized carbons (Fsp3) is 0.500. The molecule has 1 aliphatic rings. The molecule has 18 heavy (non-hydrogen) atoms. The number of hydrogen-bond acceptors (Lipinski definition) is 3. The van der Waals surface area contributed by atoms with Gasteiger partial charge in [-0.2, -0.15) is 0 Å². The van der Waals surface area contributed by atoms with Crippen LogP contribution in [0.2, 0.25) is 0 Å². The maximum absolute atomic E-state index is 12.0. The summed E-state index contributed by atoms with van der Waals surface area (Å²) in [6.07, 6.45) is 2.48. The van der Waals surface area contributed by atoms with Gasteiger partial charge in [0.15, 0.2) is 0 Å². The average Bonchev–Trinajstić information content (AvgIpc) is 2.42. The first-order chi connectivity index (χ1) is 8.79. The minimum Gasteiger partial charge on any atom is -0.396 e. The predicted octanol–water partition coefficient (Wildman–Crippen LogP) is 1.16. The van der Waals surface area contributed by atoms with Crippen molar-refractivity contribution < 1.29 is 9.90 Å². The van der Waals surface area contributed by atoms with E-state index in [2.05, 4.69) is 10.6 Å². The second-order valence-corrected chi connectivity index (χ2v) is 4.68. The topological polar surface area (TPSA) is 61.4 Å². The molecule has 1 aromatic carbocycles. The predicted molar refractivity (Wildman–Crippen MR) is 71.5 cm³/mol. The maximum Gasteiger partial charge on any atom is 0.227 e. The van der Waals surface area contributed by atoms with Gasteiger partial charge in [-0.25, -0.2) is 0 Å². The summed E-state index contributed by atoms with van der Waals surface area (Å²) < 4.78 is 0. The van der Waals surface area contributed by atoms with Crippen LogP contribution in [0.3, 0.4) is 0 Å². The minimum atomic E-state index is 0.117. The number of amides is 1. The smallest absolute Gasteiger partial charge is 0.227 e. The summed E-state index contributed by atoms with van der Waals surface area (Å²) in [5.74, 6) is 0.245. The molecule has 0 unspecified atom stereocenters. The third kappa shape index (κ3) is 3.55. The van der Waals surface area contributed by atoms with Crippen LogP contribution in [0.15, 0.2) is 24.3 Å². The van der Waals surface area contributed by atoms with Crippen molar-refractivity contribution in [3.63, 3.8) is 0 Å². The molecular formula is C14H20N2O2. The van der Waals surface area contributed by atoms with E-state index in [1.54, 1.807) is 0 Å². The molecule has 1 amide bonds. The summed E-state index contributed by atoms with van der Waals surface area (Å²) in [4.78, 5) is 12.0. The van der Waals surface area contributed by atoms with Crippen LogP contribution in [0.5, 0.6) is 0 Å². The van der Waals surface area contributed by atoms with E-state index in [4.69, 9.17) is 5.11 Å². The van der Waals surface area contributed by atoms with Crippen molar-refractivity contribution in [3.05, 3.63) is 29.8 Å². The van der Waals surface area contributed by atoms with Gasteiger partial charge in [-0.05, 0) is 50.0 Å². The molecule has 0 aliphatic carbocycles. The molecule has 3 N–H and O–H groups in total. The van der Waals surface area contributed by atoms with E-state index in [-0.39, 0.29) is 18.4 Å². The summed E-state index contributed by atoms with van der Waals surface area (Å²) in [7, 11) is 0. The van der Waals surface area contributed by atoms with Gasteiger partial charge in [-0.15, -0.1) is 0 Å². The minimum absolute atomic E-state index is 0.117. The molecule has 0 aromatic heterocycles. The van der Waals surface area contributed by atoms with Crippen molar-refractivity contribution in [2.45, 2.75) is 19.3 Å². The Balaban J connectivity index is 1.89. The van der Waals surface area contributed by atoms with Crippen LogP contribution in [-0.4, -0.2) is 30.7 Å². The van der Waals surface area contributed by atoms with Crippen molar-refractivity contribution >= 4 is 11.6 Å². The first kappa shape index (κ1) is 13.1. The number of benzene rings is 1. The molecule has 4 nitrogen and oxygen atoms in total. The average molecular weight is 248 g/mol. The fourth-order valence-electron chi connectivity index (χ4n) is 2.21. The highest BCUT2D eigenvalue weighted by Crippen LogP contribution is 2.16. The normalized spacial score (nSPS) is 16.5. The zero-order chi connectivity index (χ0) is 12.8. The van der Waals surface area contributed by atoms with Gasteiger partial charge >= 0.3 is 0 Å². The first-order valence-electron chi connectivity index (χ1n) is 6.51. The van der Waals surface area contributed by atoms with Crippen molar-refractivity contribution in [2.24, 2.45) is 5.92 Å². The van der Waals surface area contributed by atoms with Crippen LogP contribution in [0.4, 0.5) is 5.69 Å². The molecule has 1 saturated heterocycles. The highest BCUT2D eigenvalue weighted by Gasteiger charge is 2.20. The van der Waals surface area contributed by atoms with Crippen molar-refractivity contribution in [1.29, 1.82) is 0 Å². The molecule has 1 aliphatic heterocycles. The molecule has 0 atom stereocenters. The molecule has 98 valence electrons. The Hall–Kier alpha value is -1.39. The Morgan fingerprint density at radius 1 is 1.28 bits per heavy atom. The lowest BCUT2D eigenvalue weighted by Gasteiger charge is -2.21. The monoisotopic (exact) mass is 248 g/mol. The Bertz CT molecular complexity index is 383. The van der Waals surface area contributed by atoms with E-state index in [1.165, 1.54) is 0 Å². The molecule has 0 spiro atoms. The van der Waals surface area contributed by atoms with Crippen molar-refractivity contribution in [1.82, 2.24) is 5.32 Å². The lowest BCUT2D eigenvalue weighted by molar-refractivity contribution is -0.120. The lowest BCUT2D eigenvalue weighted by atomic mass is 9.97. The van der Waals surface area contributed by atoms with Crippen LogP contribution >= 0.6 is 0 Å². The van der Waals surface area contributed by atoms with Crippen molar-refractivity contribution in [2.75, 3.05) is 25.0 Å². The molecule has 2 rings (SSSR count). The molecule has 1 heterocycles. The molecule has 0 radical (unpaired) electrons. The van der Waals surface area contributed by atoms with Gasteiger partial charge in [0.1, 0.15) is 0 Å². The number of hydrogen-bond donors (Lipinski definition) is 3. The number of carbonyl (C=O) groups is 1. The number of aliphatic hydroxyl groups excluding tert-OH is 1.